The van der Waals surface area contributed by atoms with Gasteiger partial charge in [-0.05, 0) is 67.2 Å². The van der Waals surface area contributed by atoms with E-state index in [4.69, 9.17) is 24.5 Å². The molecule has 0 radical (unpaired) electrons. The third-order valence-electron chi connectivity index (χ3n) is 6.29. The number of carbonyl (C=O) groups is 3. The number of benzene rings is 2. The number of amides is 1. The van der Waals surface area contributed by atoms with E-state index in [0.29, 0.717) is 12.2 Å². The van der Waals surface area contributed by atoms with Crippen LogP contribution in [0.25, 0.3) is 22.0 Å². The van der Waals surface area contributed by atoms with Gasteiger partial charge in [-0.25, -0.2) is 9.59 Å². The largest absolute Gasteiger partial charge is 0.497 e. The highest BCUT2D eigenvalue weighted by atomic mass is 19.4. The Hall–Kier alpha value is -5.12. The van der Waals surface area contributed by atoms with Gasteiger partial charge in [-0.2, -0.15) is 26.3 Å². The second-order valence-corrected chi connectivity index (χ2v) is 10.1. The van der Waals surface area contributed by atoms with Crippen molar-refractivity contribution < 1.29 is 55.7 Å². The van der Waals surface area contributed by atoms with E-state index in [1.807, 2.05) is 63.6 Å². The minimum atomic E-state index is -5.08. The Morgan fingerprint density at radius 2 is 1.40 bits per heavy atom. The standard InChI is InChI=1S/C27H30N4O2.2C2HF3O2/c1-29(2)14-15-31-25-17-22(21-10-12-28-13-11-21)8-9-23(25)18-26(31)27(32)30(3)19-20-6-5-7-24(16-20)33-4;2*3-2(4,5)1(6)7/h5-13,16-18H,14-15,19H2,1-4H3;2*(H,6,7). The van der Waals surface area contributed by atoms with Crippen molar-refractivity contribution in [2.45, 2.75) is 25.4 Å². The molecule has 0 saturated carbocycles. The molecule has 4 rings (SSSR count). The number of rotatable bonds is 8. The molecule has 0 bridgehead atoms. The van der Waals surface area contributed by atoms with E-state index in [1.54, 1.807) is 24.4 Å². The smallest absolute Gasteiger partial charge is 0.490 e. The molecule has 2 heterocycles. The molecule has 4 aromatic rings. The number of carboxylic acids is 2. The summed E-state index contributed by atoms with van der Waals surface area (Å²) < 4.78 is 70.9. The molecule has 47 heavy (non-hydrogen) atoms. The van der Waals surface area contributed by atoms with Crippen molar-refractivity contribution >= 4 is 28.7 Å². The van der Waals surface area contributed by atoms with E-state index >= 15 is 0 Å². The first-order chi connectivity index (χ1) is 21.8. The number of aliphatic carboxylic acids is 2. The van der Waals surface area contributed by atoms with Gasteiger partial charge in [0.05, 0.1) is 7.11 Å². The number of pyridine rings is 1. The quantitative estimate of drug-likeness (QED) is 0.225. The third-order valence-corrected chi connectivity index (χ3v) is 6.29. The fourth-order valence-corrected chi connectivity index (χ4v) is 4.01. The third kappa shape index (κ3) is 11.6. The molecule has 254 valence electrons. The van der Waals surface area contributed by atoms with E-state index in [0.717, 1.165) is 46.4 Å². The van der Waals surface area contributed by atoms with Crippen LogP contribution in [0.15, 0.2) is 73.1 Å². The molecule has 0 atom stereocenters. The first-order valence-electron chi connectivity index (χ1n) is 13.5. The number of methoxy groups -OCH3 is 1. The van der Waals surface area contributed by atoms with Gasteiger partial charge in [0, 0.05) is 50.0 Å². The Labute approximate surface area is 265 Å². The number of fused-ring (bicyclic) bond motifs is 1. The molecule has 0 aliphatic heterocycles. The molecule has 2 aromatic carbocycles. The van der Waals surface area contributed by atoms with E-state index in [-0.39, 0.29) is 5.91 Å². The molecule has 16 heteroatoms. The Bertz CT molecular complexity index is 1630. The highest BCUT2D eigenvalue weighted by molar-refractivity contribution is 5.99. The summed E-state index contributed by atoms with van der Waals surface area (Å²) >= 11 is 0. The summed E-state index contributed by atoms with van der Waals surface area (Å²) in [5.41, 5.74) is 5.00. The lowest BCUT2D eigenvalue weighted by Gasteiger charge is -2.20. The normalized spacial score (nSPS) is 11.2. The lowest BCUT2D eigenvalue weighted by Crippen LogP contribution is -2.29. The number of likely N-dealkylation sites (N-methyl/N-ethyl adjacent to an activating group) is 1. The number of hydrogen-bond donors (Lipinski definition) is 2. The fraction of sp³-hybridized carbons (Fsp3) is 0.290. The van der Waals surface area contributed by atoms with Crippen LogP contribution in [-0.2, 0) is 22.7 Å². The lowest BCUT2D eigenvalue weighted by molar-refractivity contribution is -0.193. The maximum Gasteiger partial charge on any atom is 0.490 e. The van der Waals surface area contributed by atoms with E-state index in [2.05, 4.69) is 32.7 Å². The summed E-state index contributed by atoms with van der Waals surface area (Å²) in [6, 6.07) is 20.2. The highest BCUT2D eigenvalue weighted by Gasteiger charge is 2.38. The van der Waals surface area contributed by atoms with Gasteiger partial charge >= 0.3 is 24.3 Å². The summed E-state index contributed by atoms with van der Waals surface area (Å²) in [7, 11) is 7.59. The van der Waals surface area contributed by atoms with Gasteiger partial charge in [0.25, 0.3) is 5.91 Å². The zero-order chi connectivity index (χ0) is 35.5. The van der Waals surface area contributed by atoms with E-state index < -0.39 is 24.3 Å². The summed E-state index contributed by atoms with van der Waals surface area (Å²) in [5, 5.41) is 15.3. The molecule has 2 N–H and O–H groups in total. The second kappa shape index (κ2) is 16.4. The topological polar surface area (TPSA) is 125 Å². The zero-order valence-electron chi connectivity index (χ0n) is 25.6. The number of hydrogen-bond acceptors (Lipinski definition) is 6. The SMILES string of the molecule is COc1cccc(CN(C)C(=O)c2cc3ccc(-c4ccncc4)cc3n2CCN(C)C)c1.O=C(O)C(F)(F)F.O=C(O)C(F)(F)F. The van der Waals surface area contributed by atoms with E-state index in [9.17, 15) is 31.1 Å². The van der Waals surface area contributed by atoms with Gasteiger partial charge in [0.15, 0.2) is 0 Å². The Morgan fingerprint density at radius 1 is 0.830 bits per heavy atom. The van der Waals surface area contributed by atoms with Gasteiger partial charge in [-0.1, -0.05) is 24.3 Å². The van der Waals surface area contributed by atoms with Crippen LogP contribution in [-0.4, -0.2) is 94.6 Å². The van der Waals surface area contributed by atoms with Crippen LogP contribution in [0.2, 0.25) is 0 Å². The monoisotopic (exact) mass is 670 g/mol. The molecule has 1 amide bonds. The number of nitrogens with zero attached hydrogens (tertiary/aromatic N) is 4. The van der Waals surface area contributed by atoms with Gasteiger partial charge in [0.2, 0.25) is 0 Å². The maximum atomic E-state index is 13.5. The molecular formula is C31H32F6N4O6. The minimum absolute atomic E-state index is 0.00163. The molecule has 0 aliphatic carbocycles. The van der Waals surface area contributed by atoms with Gasteiger partial charge < -0.3 is 29.3 Å². The van der Waals surface area contributed by atoms with Crippen LogP contribution in [0.5, 0.6) is 5.75 Å². The molecular weight excluding hydrogens is 638 g/mol. The summed E-state index contributed by atoms with van der Waals surface area (Å²) in [5.74, 6) is -4.73. The first kappa shape index (κ1) is 38.1. The van der Waals surface area contributed by atoms with Crippen LogP contribution in [0.3, 0.4) is 0 Å². The number of carboxylic acid groups (broad SMARTS) is 2. The zero-order valence-corrected chi connectivity index (χ0v) is 25.6. The molecule has 0 unspecified atom stereocenters. The Balaban J connectivity index is 0.000000459. The first-order valence-corrected chi connectivity index (χ1v) is 13.5. The minimum Gasteiger partial charge on any atom is -0.497 e. The van der Waals surface area contributed by atoms with Gasteiger partial charge in [0.1, 0.15) is 11.4 Å². The lowest BCUT2D eigenvalue weighted by atomic mass is 10.1. The molecule has 0 aliphatic rings. The second-order valence-electron chi connectivity index (χ2n) is 10.1. The molecule has 0 saturated heterocycles. The van der Waals surface area contributed by atoms with Crippen LogP contribution in [0.1, 0.15) is 16.1 Å². The van der Waals surface area contributed by atoms with Crippen molar-refractivity contribution in [1.29, 1.82) is 0 Å². The van der Waals surface area contributed by atoms with Crippen LogP contribution >= 0.6 is 0 Å². The van der Waals surface area contributed by atoms with Crippen molar-refractivity contribution in [3.05, 3.63) is 84.3 Å². The van der Waals surface area contributed by atoms with Crippen LogP contribution in [0.4, 0.5) is 26.3 Å². The van der Waals surface area contributed by atoms with Crippen molar-refractivity contribution in [2.24, 2.45) is 0 Å². The number of halogens is 6. The number of aromatic nitrogens is 2. The average molecular weight is 671 g/mol. The molecule has 2 aromatic heterocycles. The van der Waals surface area contributed by atoms with Crippen molar-refractivity contribution in [3.63, 3.8) is 0 Å². The summed E-state index contributed by atoms with van der Waals surface area (Å²) in [6.45, 7) is 2.07. The van der Waals surface area contributed by atoms with Crippen molar-refractivity contribution in [1.82, 2.24) is 19.4 Å². The van der Waals surface area contributed by atoms with Gasteiger partial charge in [-0.3, -0.25) is 9.78 Å². The molecule has 10 nitrogen and oxygen atoms in total. The fourth-order valence-electron chi connectivity index (χ4n) is 4.01. The van der Waals surface area contributed by atoms with E-state index in [1.165, 1.54) is 0 Å². The Kier molecular flexibility index (Phi) is 13.3. The summed E-state index contributed by atoms with van der Waals surface area (Å²) in [4.78, 5) is 39.4. The average Bonchev–Trinajstić information content (AvgIpc) is 3.37. The van der Waals surface area contributed by atoms with Crippen LogP contribution < -0.4 is 4.74 Å². The molecule has 0 spiro atoms. The number of carbonyl (C=O) groups excluding carboxylic acids is 1. The van der Waals surface area contributed by atoms with Crippen LogP contribution in [0, 0.1) is 0 Å². The van der Waals surface area contributed by atoms with Crippen molar-refractivity contribution in [3.8, 4) is 16.9 Å². The molecule has 0 fully saturated rings. The summed E-state index contributed by atoms with van der Waals surface area (Å²) in [6.07, 6.45) is -6.57. The predicted octanol–water partition coefficient (Wildman–Crippen LogP) is 5.81. The van der Waals surface area contributed by atoms with Gasteiger partial charge in [-0.15, -0.1) is 0 Å². The highest BCUT2D eigenvalue weighted by Crippen LogP contribution is 2.28. The maximum absolute atomic E-state index is 13.5. The Morgan fingerprint density at radius 3 is 1.91 bits per heavy atom. The predicted molar refractivity (Wildman–Crippen MR) is 160 cm³/mol. The van der Waals surface area contributed by atoms with Crippen molar-refractivity contribution in [2.75, 3.05) is 34.8 Å². The number of ether oxygens (including phenoxy) is 1. The number of alkyl halides is 6.